The number of pyridine rings is 1. The number of likely N-dealkylation sites (tertiary alicyclic amines) is 1. The van der Waals surface area contributed by atoms with E-state index in [-0.39, 0.29) is 22.5 Å². The minimum Gasteiger partial charge on any atom is -0.494 e. The van der Waals surface area contributed by atoms with Crippen molar-refractivity contribution in [1.29, 1.82) is 0 Å². The Balaban J connectivity index is 1.35. The molecule has 0 unspecified atom stereocenters. The molecule has 7 heteroatoms. The number of nitrogens with zero attached hydrogens (tertiary/aromatic N) is 3. The number of ketones is 1. The van der Waals surface area contributed by atoms with Crippen molar-refractivity contribution in [3.05, 3.63) is 51.1 Å². The summed E-state index contributed by atoms with van der Waals surface area (Å²) in [5, 5.41) is 1.96. The second-order valence-electron chi connectivity index (χ2n) is 11.1. The zero-order valence-corrected chi connectivity index (χ0v) is 22.1. The van der Waals surface area contributed by atoms with Crippen LogP contribution in [-0.4, -0.2) is 46.8 Å². The molecular weight excluding hydrogens is 458 g/mol. The number of rotatable bonds is 3. The van der Waals surface area contributed by atoms with E-state index >= 15 is 0 Å². The maximum absolute atomic E-state index is 13.5. The molecule has 2 aromatic heterocycles. The lowest BCUT2D eigenvalue weighted by Crippen LogP contribution is -2.46. The van der Waals surface area contributed by atoms with E-state index in [9.17, 15) is 9.59 Å². The van der Waals surface area contributed by atoms with E-state index in [4.69, 9.17) is 9.72 Å². The van der Waals surface area contributed by atoms with Crippen molar-refractivity contribution >= 4 is 33.9 Å². The molecule has 1 amide bonds. The number of thiazole rings is 1. The van der Waals surface area contributed by atoms with Crippen LogP contribution in [0.4, 0.5) is 0 Å². The number of hydrogen-bond donors (Lipinski definition) is 0. The Morgan fingerprint density at radius 3 is 2.57 bits per heavy atom. The van der Waals surface area contributed by atoms with Crippen molar-refractivity contribution in [2.24, 2.45) is 5.41 Å². The van der Waals surface area contributed by atoms with Gasteiger partial charge in [-0.05, 0) is 54.9 Å². The van der Waals surface area contributed by atoms with E-state index in [1.54, 1.807) is 24.5 Å². The number of ether oxygens (including phenoxy) is 1. The van der Waals surface area contributed by atoms with Crippen LogP contribution in [0.15, 0.2) is 24.4 Å². The molecule has 0 atom stereocenters. The number of fused-ring (bicyclic) bond motifs is 2. The van der Waals surface area contributed by atoms with Gasteiger partial charge in [-0.25, -0.2) is 4.98 Å². The van der Waals surface area contributed by atoms with Gasteiger partial charge in [0.05, 0.1) is 12.1 Å². The topological polar surface area (TPSA) is 72.4 Å². The van der Waals surface area contributed by atoms with Gasteiger partial charge in [0.15, 0.2) is 5.78 Å². The zero-order chi connectivity index (χ0) is 25.0. The van der Waals surface area contributed by atoms with Crippen molar-refractivity contribution in [2.45, 2.75) is 65.2 Å². The second-order valence-corrected chi connectivity index (χ2v) is 12.1. The Bertz CT molecular complexity index is 1310. The summed E-state index contributed by atoms with van der Waals surface area (Å²) in [6.07, 6.45) is 5.83. The first-order valence-corrected chi connectivity index (χ1v) is 13.2. The van der Waals surface area contributed by atoms with Crippen LogP contribution in [0.3, 0.4) is 0 Å². The highest BCUT2D eigenvalue weighted by Gasteiger charge is 2.44. The monoisotopic (exact) mass is 491 g/mol. The summed E-state index contributed by atoms with van der Waals surface area (Å²) in [7, 11) is 1.61. The number of amides is 1. The number of aromatic nitrogens is 2. The fourth-order valence-electron chi connectivity index (χ4n) is 5.29. The number of methoxy groups -OCH3 is 1. The summed E-state index contributed by atoms with van der Waals surface area (Å²) >= 11 is 1.69. The molecule has 1 aromatic carbocycles. The molecule has 184 valence electrons. The summed E-state index contributed by atoms with van der Waals surface area (Å²) in [5.74, 6) is 0.793. The van der Waals surface area contributed by atoms with Gasteiger partial charge in [0.2, 0.25) is 0 Å². The third kappa shape index (κ3) is 4.35. The molecule has 5 rings (SSSR count). The Morgan fingerprint density at radius 1 is 1.17 bits per heavy atom. The van der Waals surface area contributed by atoms with Crippen LogP contribution in [0, 0.1) is 5.41 Å². The summed E-state index contributed by atoms with van der Waals surface area (Å²) < 4.78 is 5.56. The van der Waals surface area contributed by atoms with Gasteiger partial charge in [-0.2, -0.15) is 0 Å². The highest BCUT2D eigenvalue weighted by atomic mass is 32.1. The quantitative estimate of drug-likeness (QED) is 0.476. The van der Waals surface area contributed by atoms with Crippen LogP contribution in [0.2, 0.25) is 0 Å². The van der Waals surface area contributed by atoms with Crippen molar-refractivity contribution in [3.63, 3.8) is 0 Å². The van der Waals surface area contributed by atoms with Crippen molar-refractivity contribution in [2.75, 3.05) is 20.2 Å². The fourth-order valence-corrected chi connectivity index (χ4v) is 6.60. The van der Waals surface area contributed by atoms with Gasteiger partial charge in [0, 0.05) is 46.9 Å². The van der Waals surface area contributed by atoms with Gasteiger partial charge in [-0.1, -0.05) is 27.7 Å². The molecule has 3 aromatic rings. The number of Topliss-reactive ketones (excluding diaryl/α,β-unsaturated/α-hetero) is 1. The lowest BCUT2D eigenvalue weighted by molar-refractivity contribution is 0.0522. The normalized spacial score (nSPS) is 17.6. The molecule has 1 fully saturated rings. The van der Waals surface area contributed by atoms with E-state index in [2.05, 4.69) is 38.7 Å². The first-order chi connectivity index (χ1) is 16.6. The molecule has 1 aliphatic carbocycles. The van der Waals surface area contributed by atoms with E-state index in [0.717, 1.165) is 52.0 Å². The molecule has 0 bridgehead atoms. The molecule has 35 heavy (non-hydrogen) atoms. The maximum atomic E-state index is 13.5. The summed E-state index contributed by atoms with van der Waals surface area (Å²) in [4.78, 5) is 38.8. The molecule has 1 saturated heterocycles. The molecule has 0 radical (unpaired) electrons. The van der Waals surface area contributed by atoms with Gasteiger partial charge in [-0.3, -0.25) is 14.6 Å². The molecule has 0 saturated carbocycles. The lowest BCUT2D eigenvalue weighted by Gasteiger charge is -2.43. The Morgan fingerprint density at radius 2 is 1.91 bits per heavy atom. The number of benzene rings is 1. The summed E-state index contributed by atoms with van der Waals surface area (Å²) in [6.45, 7) is 9.82. The third-order valence-corrected chi connectivity index (χ3v) is 8.95. The third-order valence-electron chi connectivity index (χ3n) is 7.47. The van der Waals surface area contributed by atoms with E-state index < -0.39 is 0 Å². The zero-order valence-electron chi connectivity index (χ0n) is 21.2. The number of carbonyl (C=O) groups excluding carboxylic acids is 2. The van der Waals surface area contributed by atoms with Gasteiger partial charge in [0.25, 0.3) is 5.91 Å². The van der Waals surface area contributed by atoms with Crippen molar-refractivity contribution in [1.82, 2.24) is 14.9 Å². The van der Waals surface area contributed by atoms with Crippen molar-refractivity contribution in [3.8, 4) is 5.75 Å². The van der Waals surface area contributed by atoms with Crippen LogP contribution < -0.4 is 4.74 Å². The number of carbonyl (C=O) groups is 2. The summed E-state index contributed by atoms with van der Waals surface area (Å²) in [5.41, 5.74) is 3.09. The van der Waals surface area contributed by atoms with Gasteiger partial charge < -0.3 is 9.64 Å². The Labute approximate surface area is 210 Å². The molecule has 2 aliphatic rings. The standard InChI is InChI=1S/C28H33N3O3S/c1-6-17-11-18-12-19(13-21(34-5)23(18)29-16-17)25(33)31-9-7-28(8-10-31)14-20(32)24-22(15-28)35-26(30-24)27(2,3)4/h11-13,16H,6-10,14-15H2,1-5H3. The van der Waals surface area contributed by atoms with Gasteiger partial charge in [0.1, 0.15) is 17.0 Å². The number of aryl methyl sites for hydroxylation is 1. The Hall–Kier alpha value is -2.80. The fraction of sp³-hybridized carbons (Fsp3) is 0.500. The van der Waals surface area contributed by atoms with Gasteiger partial charge in [-0.15, -0.1) is 11.3 Å². The van der Waals surface area contributed by atoms with Crippen LogP contribution in [0.25, 0.3) is 10.9 Å². The minimum atomic E-state index is -0.0659. The average molecular weight is 492 g/mol. The van der Waals surface area contributed by atoms with Crippen LogP contribution in [0.1, 0.15) is 83.3 Å². The molecule has 0 N–H and O–H groups in total. The molecule has 1 spiro atoms. The highest BCUT2D eigenvalue weighted by molar-refractivity contribution is 7.12. The van der Waals surface area contributed by atoms with E-state index in [1.807, 2.05) is 17.2 Å². The summed E-state index contributed by atoms with van der Waals surface area (Å²) in [6, 6.07) is 5.81. The largest absolute Gasteiger partial charge is 0.494 e. The van der Waals surface area contributed by atoms with E-state index in [0.29, 0.717) is 36.5 Å². The predicted octanol–water partition coefficient (Wildman–Crippen LogP) is 5.61. The smallest absolute Gasteiger partial charge is 0.254 e. The molecular formula is C28H33N3O3S. The average Bonchev–Trinajstić information content (AvgIpc) is 3.28. The van der Waals surface area contributed by atoms with Crippen LogP contribution in [-0.2, 0) is 18.3 Å². The first kappa shape index (κ1) is 23.9. The SMILES string of the molecule is CCc1cnc2c(OC)cc(C(=O)N3CCC4(CC3)CC(=O)c3nc(C(C)(C)C)sc3C4)cc2c1. The van der Waals surface area contributed by atoms with Crippen molar-refractivity contribution < 1.29 is 14.3 Å². The number of piperidine rings is 1. The highest BCUT2D eigenvalue weighted by Crippen LogP contribution is 2.46. The Kier molecular flexibility index (Phi) is 5.94. The van der Waals surface area contributed by atoms with Crippen LogP contribution >= 0.6 is 11.3 Å². The second kappa shape index (κ2) is 8.70. The predicted molar refractivity (Wildman–Crippen MR) is 139 cm³/mol. The molecule has 3 heterocycles. The van der Waals surface area contributed by atoms with Crippen LogP contribution in [0.5, 0.6) is 5.75 Å². The molecule has 6 nitrogen and oxygen atoms in total. The van der Waals surface area contributed by atoms with E-state index in [1.165, 1.54) is 0 Å². The lowest BCUT2D eigenvalue weighted by atomic mass is 9.68. The maximum Gasteiger partial charge on any atom is 0.254 e. The number of hydrogen-bond acceptors (Lipinski definition) is 6. The minimum absolute atomic E-state index is 0.0117. The molecule has 1 aliphatic heterocycles. The van der Waals surface area contributed by atoms with Gasteiger partial charge >= 0.3 is 0 Å². The first-order valence-electron chi connectivity index (χ1n) is 12.4.